The second kappa shape index (κ2) is 8.76. The van der Waals surface area contributed by atoms with Gasteiger partial charge in [0.1, 0.15) is 10.6 Å². The van der Waals surface area contributed by atoms with Crippen molar-refractivity contribution in [1.82, 2.24) is 5.32 Å². The van der Waals surface area contributed by atoms with Crippen LogP contribution in [-0.4, -0.2) is 31.1 Å². The third-order valence-electron chi connectivity index (χ3n) is 6.27. The van der Waals surface area contributed by atoms with Crippen molar-refractivity contribution in [3.63, 3.8) is 0 Å². The van der Waals surface area contributed by atoms with Gasteiger partial charge in [0, 0.05) is 24.1 Å². The van der Waals surface area contributed by atoms with E-state index in [1.54, 1.807) is 6.07 Å². The summed E-state index contributed by atoms with van der Waals surface area (Å²) in [5.41, 5.74) is 3.41. The molecular weight excluding hydrogens is 440 g/mol. The van der Waals surface area contributed by atoms with E-state index in [0.717, 1.165) is 60.3 Å². The fourth-order valence-corrected chi connectivity index (χ4v) is 6.00. The van der Waals surface area contributed by atoms with E-state index in [0.29, 0.717) is 28.1 Å². The van der Waals surface area contributed by atoms with Gasteiger partial charge in [-0.25, -0.2) is 0 Å². The predicted molar refractivity (Wildman–Crippen MR) is 128 cm³/mol. The quantitative estimate of drug-likeness (QED) is 0.590. The first-order valence-corrected chi connectivity index (χ1v) is 12.1. The van der Waals surface area contributed by atoms with Crippen molar-refractivity contribution in [2.24, 2.45) is 0 Å². The summed E-state index contributed by atoms with van der Waals surface area (Å²) in [6, 6.07) is 4.89. The number of anilines is 1. The topological polar surface area (TPSA) is 97.6 Å². The number of thiophene rings is 1. The van der Waals surface area contributed by atoms with Gasteiger partial charge in [-0.3, -0.25) is 14.4 Å². The molecule has 2 N–H and O–H groups in total. The second-order valence-corrected chi connectivity index (χ2v) is 9.90. The van der Waals surface area contributed by atoms with E-state index in [4.69, 9.17) is 9.15 Å². The third kappa shape index (κ3) is 4.20. The van der Waals surface area contributed by atoms with Gasteiger partial charge in [0.2, 0.25) is 0 Å². The summed E-state index contributed by atoms with van der Waals surface area (Å²) in [6.45, 7) is 4.94. The lowest BCUT2D eigenvalue weighted by Gasteiger charge is -2.13. The number of aryl methyl sites for hydroxylation is 3. The van der Waals surface area contributed by atoms with E-state index < -0.39 is 5.91 Å². The molecule has 0 unspecified atom stereocenters. The molecule has 0 saturated carbocycles. The Kier molecular flexibility index (Phi) is 5.80. The third-order valence-corrected chi connectivity index (χ3v) is 7.48. The van der Waals surface area contributed by atoms with Gasteiger partial charge in [0.15, 0.2) is 11.2 Å². The molecule has 1 aromatic carbocycles. The van der Waals surface area contributed by atoms with Gasteiger partial charge in [0.05, 0.1) is 17.1 Å². The van der Waals surface area contributed by atoms with Crippen LogP contribution in [0.3, 0.4) is 0 Å². The highest BCUT2D eigenvalue weighted by Gasteiger charge is 2.29. The molecule has 2 aromatic heterocycles. The second-order valence-electron chi connectivity index (χ2n) is 8.79. The Balaban J connectivity index is 1.43. The summed E-state index contributed by atoms with van der Waals surface area (Å²) < 4.78 is 11.4. The highest BCUT2D eigenvalue weighted by Crippen LogP contribution is 2.39. The van der Waals surface area contributed by atoms with Crippen LogP contribution in [0.1, 0.15) is 61.7 Å². The standard InChI is InChI=1S/C25H26N2O5S/c1-13-9-14(2)22-17(10-13)18(28)11-19(32-22)23(29)27-25-21(16-6-3-7-20(16)33-25)24(30)26-12-15-5-4-8-31-15/h9-11,15H,3-8,12H2,1-2H3,(H,26,30)(H,27,29)/t15-/m1/s1. The molecule has 3 aromatic rings. The maximum absolute atomic E-state index is 13.1. The van der Waals surface area contributed by atoms with Crippen LogP contribution < -0.4 is 16.1 Å². The maximum atomic E-state index is 13.1. The summed E-state index contributed by atoms with van der Waals surface area (Å²) in [7, 11) is 0. The Morgan fingerprint density at radius 3 is 2.76 bits per heavy atom. The Hall–Kier alpha value is -2.97. The highest BCUT2D eigenvalue weighted by atomic mass is 32.1. The molecule has 2 aliphatic rings. The van der Waals surface area contributed by atoms with Crippen LogP contribution in [0.15, 0.2) is 27.4 Å². The number of carbonyl (C=O) groups excluding carboxylic acids is 2. The first-order chi connectivity index (χ1) is 15.9. The Morgan fingerprint density at radius 2 is 1.97 bits per heavy atom. The summed E-state index contributed by atoms with van der Waals surface area (Å²) in [5, 5.41) is 6.77. The normalized spacial score (nSPS) is 17.3. The van der Waals surface area contributed by atoms with Crippen molar-refractivity contribution in [2.45, 2.75) is 52.1 Å². The molecule has 1 fully saturated rings. The van der Waals surface area contributed by atoms with Crippen LogP contribution in [0.4, 0.5) is 5.00 Å². The largest absolute Gasteiger partial charge is 0.450 e. The van der Waals surface area contributed by atoms with Gasteiger partial charge in [0.25, 0.3) is 11.8 Å². The van der Waals surface area contributed by atoms with Gasteiger partial charge in [-0.05, 0) is 68.7 Å². The minimum absolute atomic E-state index is 0.0393. The molecule has 2 amide bonds. The molecule has 5 rings (SSSR count). The molecule has 0 bridgehead atoms. The van der Waals surface area contributed by atoms with E-state index in [-0.39, 0.29) is 23.2 Å². The van der Waals surface area contributed by atoms with Gasteiger partial charge in [-0.2, -0.15) is 0 Å². The number of rotatable bonds is 5. The van der Waals surface area contributed by atoms with E-state index in [9.17, 15) is 14.4 Å². The monoisotopic (exact) mass is 466 g/mol. The number of ether oxygens (including phenoxy) is 1. The fourth-order valence-electron chi connectivity index (χ4n) is 4.72. The lowest BCUT2D eigenvalue weighted by atomic mass is 10.1. The number of fused-ring (bicyclic) bond motifs is 2. The van der Waals surface area contributed by atoms with Gasteiger partial charge >= 0.3 is 0 Å². The van der Waals surface area contributed by atoms with Crippen molar-refractivity contribution in [3.05, 3.63) is 61.3 Å². The molecule has 1 aliphatic heterocycles. The van der Waals surface area contributed by atoms with Gasteiger partial charge in [-0.15, -0.1) is 11.3 Å². The zero-order valence-corrected chi connectivity index (χ0v) is 19.5. The molecular formula is C25H26N2O5S. The van der Waals surface area contributed by atoms with E-state index in [1.165, 1.54) is 17.4 Å². The summed E-state index contributed by atoms with van der Waals surface area (Å²) in [6.07, 6.45) is 4.69. The van der Waals surface area contributed by atoms with E-state index in [2.05, 4.69) is 10.6 Å². The van der Waals surface area contributed by atoms with Gasteiger partial charge in [-0.1, -0.05) is 6.07 Å². The lowest BCUT2D eigenvalue weighted by Crippen LogP contribution is -2.32. The number of carbonyl (C=O) groups is 2. The molecule has 8 heteroatoms. The van der Waals surface area contributed by atoms with Crippen LogP contribution in [-0.2, 0) is 17.6 Å². The highest BCUT2D eigenvalue weighted by molar-refractivity contribution is 7.17. The van der Waals surface area contributed by atoms with Gasteiger partial charge < -0.3 is 19.8 Å². The Labute approximate surface area is 195 Å². The molecule has 1 atom stereocenters. The molecule has 172 valence electrons. The summed E-state index contributed by atoms with van der Waals surface area (Å²) in [5.74, 6) is -0.813. The number of hydrogen-bond donors (Lipinski definition) is 2. The van der Waals surface area contributed by atoms with Crippen LogP contribution in [0, 0.1) is 13.8 Å². The van der Waals surface area contributed by atoms with Crippen molar-refractivity contribution in [1.29, 1.82) is 0 Å². The molecule has 1 saturated heterocycles. The van der Waals surface area contributed by atoms with Crippen molar-refractivity contribution >= 4 is 39.1 Å². The molecule has 1 aliphatic carbocycles. The average molecular weight is 467 g/mol. The zero-order chi connectivity index (χ0) is 23.1. The SMILES string of the molecule is Cc1cc(C)c2oc(C(=O)Nc3sc4c(c3C(=O)NC[C@H]3CCCO3)CCC4)cc(=O)c2c1. The summed E-state index contributed by atoms with van der Waals surface area (Å²) >= 11 is 1.43. The van der Waals surface area contributed by atoms with Crippen LogP contribution in [0.5, 0.6) is 0 Å². The molecule has 7 nitrogen and oxygen atoms in total. The number of amides is 2. The van der Waals surface area contributed by atoms with Crippen LogP contribution >= 0.6 is 11.3 Å². The molecule has 0 spiro atoms. The maximum Gasteiger partial charge on any atom is 0.292 e. The smallest absolute Gasteiger partial charge is 0.292 e. The molecule has 0 radical (unpaired) electrons. The van der Waals surface area contributed by atoms with Crippen LogP contribution in [0.25, 0.3) is 11.0 Å². The van der Waals surface area contributed by atoms with Crippen molar-refractivity contribution in [2.75, 3.05) is 18.5 Å². The number of benzene rings is 1. The molecule has 33 heavy (non-hydrogen) atoms. The minimum Gasteiger partial charge on any atom is -0.450 e. The van der Waals surface area contributed by atoms with E-state index >= 15 is 0 Å². The first kappa shape index (κ1) is 21.9. The van der Waals surface area contributed by atoms with Crippen LogP contribution in [0.2, 0.25) is 0 Å². The number of nitrogens with one attached hydrogen (secondary N) is 2. The van der Waals surface area contributed by atoms with E-state index in [1.807, 2.05) is 19.9 Å². The van der Waals surface area contributed by atoms with Crippen molar-refractivity contribution < 1.29 is 18.7 Å². The predicted octanol–water partition coefficient (Wildman–Crippen LogP) is 4.12. The lowest BCUT2D eigenvalue weighted by molar-refractivity contribution is 0.0858. The Morgan fingerprint density at radius 1 is 1.12 bits per heavy atom. The Bertz CT molecular complexity index is 1320. The fraction of sp³-hybridized carbons (Fsp3) is 0.400. The minimum atomic E-state index is -0.540. The molecule has 3 heterocycles. The average Bonchev–Trinajstić information content (AvgIpc) is 3.50. The number of hydrogen-bond acceptors (Lipinski definition) is 6. The van der Waals surface area contributed by atoms with Crippen molar-refractivity contribution in [3.8, 4) is 0 Å². The zero-order valence-electron chi connectivity index (χ0n) is 18.7. The summed E-state index contributed by atoms with van der Waals surface area (Å²) in [4.78, 5) is 39.9. The first-order valence-electron chi connectivity index (χ1n) is 11.3.